The quantitative estimate of drug-likeness (QED) is 0.705. The highest BCUT2D eigenvalue weighted by Crippen LogP contribution is 2.14. The number of amides is 1. The Morgan fingerprint density at radius 3 is 2.93 bits per heavy atom. The van der Waals surface area contributed by atoms with Gasteiger partial charge in [0, 0.05) is 12.5 Å². The number of ether oxygens (including phenoxy) is 1. The highest BCUT2D eigenvalue weighted by molar-refractivity contribution is 5.74. The maximum atomic E-state index is 10.6. The maximum Gasteiger partial charge on any atom is 0.219 e. The minimum absolute atomic E-state index is 0.0835. The Morgan fingerprint density at radius 1 is 1.64 bits per heavy atom. The fraction of sp³-hybridized carbons (Fsp3) is 0.333. The SMILES string of the molecule is COc1cccc([C@@H](N)CC(N)=O)n1. The van der Waals surface area contributed by atoms with Crippen LogP contribution in [-0.4, -0.2) is 18.0 Å². The summed E-state index contributed by atoms with van der Waals surface area (Å²) in [6.07, 6.45) is 0.0835. The molecule has 14 heavy (non-hydrogen) atoms. The molecule has 5 nitrogen and oxygen atoms in total. The van der Waals surface area contributed by atoms with Gasteiger partial charge in [0.25, 0.3) is 0 Å². The smallest absolute Gasteiger partial charge is 0.219 e. The molecule has 0 aliphatic rings. The second kappa shape index (κ2) is 4.57. The van der Waals surface area contributed by atoms with Crippen LogP contribution in [0.1, 0.15) is 18.2 Å². The lowest BCUT2D eigenvalue weighted by Crippen LogP contribution is -2.21. The molecule has 0 bridgehead atoms. The Balaban J connectivity index is 2.78. The van der Waals surface area contributed by atoms with Crippen molar-refractivity contribution in [3.63, 3.8) is 0 Å². The van der Waals surface area contributed by atoms with Gasteiger partial charge in [-0.25, -0.2) is 4.98 Å². The summed E-state index contributed by atoms with van der Waals surface area (Å²) < 4.78 is 4.93. The molecule has 0 fully saturated rings. The van der Waals surface area contributed by atoms with Crippen LogP contribution in [0.4, 0.5) is 0 Å². The molecule has 1 aromatic heterocycles. The average Bonchev–Trinajstić information content (AvgIpc) is 2.17. The van der Waals surface area contributed by atoms with Gasteiger partial charge < -0.3 is 16.2 Å². The number of hydrogen-bond acceptors (Lipinski definition) is 4. The fourth-order valence-electron chi connectivity index (χ4n) is 1.07. The highest BCUT2D eigenvalue weighted by Gasteiger charge is 2.10. The van der Waals surface area contributed by atoms with Gasteiger partial charge in [0.05, 0.1) is 18.8 Å². The van der Waals surface area contributed by atoms with Crippen LogP contribution >= 0.6 is 0 Å². The third kappa shape index (κ3) is 2.70. The summed E-state index contributed by atoms with van der Waals surface area (Å²) in [6.45, 7) is 0. The van der Waals surface area contributed by atoms with E-state index in [0.717, 1.165) is 0 Å². The van der Waals surface area contributed by atoms with Gasteiger partial charge in [0.1, 0.15) is 0 Å². The minimum atomic E-state index is -0.470. The first kappa shape index (κ1) is 10.5. The first-order chi connectivity index (χ1) is 6.63. The molecule has 5 heteroatoms. The van der Waals surface area contributed by atoms with Crippen molar-refractivity contribution in [3.8, 4) is 5.88 Å². The molecule has 0 aliphatic heterocycles. The van der Waals surface area contributed by atoms with E-state index in [1.807, 2.05) is 0 Å². The lowest BCUT2D eigenvalue weighted by atomic mass is 10.1. The topological polar surface area (TPSA) is 91.2 Å². The summed E-state index contributed by atoms with van der Waals surface area (Å²) in [5, 5.41) is 0. The third-order valence-corrected chi connectivity index (χ3v) is 1.76. The van der Waals surface area contributed by atoms with E-state index in [2.05, 4.69) is 4.98 Å². The number of hydrogen-bond donors (Lipinski definition) is 2. The number of nitrogens with two attached hydrogens (primary N) is 2. The summed E-state index contributed by atoms with van der Waals surface area (Å²) in [5.74, 6) is 0.0320. The first-order valence-electron chi connectivity index (χ1n) is 4.18. The van der Waals surface area contributed by atoms with Gasteiger partial charge in [-0.15, -0.1) is 0 Å². The van der Waals surface area contributed by atoms with Gasteiger partial charge in [-0.1, -0.05) is 6.07 Å². The number of nitrogens with zero attached hydrogens (tertiary/aromatic N) is 1. The monoisotopic (exact) mass is 195 g/mol. The minimum Gasteiger partial charge on any atom is -0.481 e. The molecule has 1 rings (SSSR count). The normalized spacial score (nSPS) is 12.1. The number of aromatic nitrogens is 1. The van der Waals surface area contributed by atoms with Gasteiger partial charge in [0.15, 0.2) is 0 Å². The van der Waals surface area contributed by atoms with E-state index in [1.165, 1.54) is 7.11 Å². The summed E-state index contributed by atoms with van der Waals surface area (Å²) >= 11 is 0. The van der Waals surface area contributed by atoms with Gasteiger partial charge in [-0.05, 0) is 6.07 Å². The Hall–Kier alpha value is -1.62. The number of methoxy groups -OCH3 is 1. The van der Waals surface area contributed by atoms with Crippen molar-refractivity contribution in [1.29, 1.82) is 0 Å². The van der Waals surface area contributed by atoms with Crippen molar-refractivity contribution in [2.24, 2.45) is 11.5 Å². The van der Waals surface area contributed by atoms with Crippen molar-refractivity contribution in [2.75, 3.05) is 7.11 Å². The number of carbonyl (C=O) groups is 1. The fourth-order valence-corrected chi connectivity index (χ4v) is 1.07. The number of primary amides is 1. The molecule has 0 saturated heterocycles. The molecule has 1 atom stereocenters. The second-order valence-corrected chi connectivity index (χ2v) is 2.88. The van der Waals surface area contributed by atoms with Crippen molar-refractivity contribution in [3.05, 3.63) is 23.9 Å². The zero-order chi connectivity index (χ0) is 10.6. The summed E-state index contributed by atoms with van der Waals surface area (Å²) in [7, 11) is 1.52. The van der Waals surface area contributed by atoms with Crippen LogP contribution in [0.2, 0.25) is 0 Å². The zero-order valence-electron chi connectivity index (χ0n) is 7.93. The largest absolute Gasteiger partial charge is 0.481 e. The van der Waals surface area contributed by atoms with Crippen LogP contribution in [0.3, 0.4) is 0 Å². The van der Waals surface area contributed by atoms with Gasteiger partial charge in [0.2, 0.25) is 11.8 Å². The molecule has 76 valence electrons. The zero-order valence-corrected chi connectivity index (χ0v) is 7.93. The van der Waals surface area contributed by atoms with Gasteiger partial charge in [-0.3, -0.25) is 4.79 Å². The first-order valence-corrected chi connectivity index (χ1v) is 4.18. The van der Waals surface area contributed by atoms with E-state index < -0.39 is 11.9 Å². The third-order valence-electron chi connectivity index (χ3n) is 1.76. The van der Waals surface area contributed by atoms with E-state index in [4.69, 9.17) is 16.2 Å². The predicted molar refractivity (Wildman–Crippen MR) is 51.5 cm³/mol. The maximum absolute atomic E-state index is 10.6. The van der Waals surface area contributed by atoms with Crippen molar-refractivity contribution in [2.45, 2.75) is 12.5 Å². The number of pyridine rings is 1. The van der Waals surface area contributed by atoms with Crippen LogP contribution in [0, 0.1) is 0 Å². The molecular formula is C9H13N3O2. The Bertz CT molecular complexity index is 328. The van der Waals surface area contributed by atoms with Gasteiger partial charge in [-0.2, -0.15) is 0 Å². The van der Waals surface area contributed by atoms with Crippen LogP contribution in [-0.2, 0) is 4.79 Å². The molecule has 4 N–H and O–H groups in total. The average molecular weight is 195 g/mol. The lowest BCUT2D eigenvalue weighted by molar-refractivity contribution is -0.118. The molecular weight excluding hydrogens is 182 g/mol. The Kier molecular flexibility index (Phi) is 3.41. The van der Waals surface area contributed by atoms with Crippen LogP contribution < -0.4 is 16.2 Å². The van der Waals surface area contributed by atoms with E-state index in [9.17, 15) is 4.79 Å². The standard InChI is InChI=1S/C9H13N3O2/c1-14-9-4-2-3-7(12-9)6(10)5-8(11)13/h2-4,6H,5,10H2,1H3,(H2,11,13)/t6-/m0/s1. The molecule has 0 radical (unpaired) electrons. The molecule has 0 saturated carbocycles. The van der Waals surface area contributed by atoms with Gasteiger partial charge >= 0.3 is 0 Å². The summed E-state index contributed by atoms with van der Waals surface area (Å²) in [5.41, 5.74) is 11.3. The summed E-state index contributed by atoms with van der Waals surface area (Å²) in [6, 6.07) is 4.74. The lowest BCUT2D eigenvalue weighted by Gasteiger charge is -2.09. The predicted octanol–water partition coefficient (Wildman–Crippen LogP) is -0.0346. The van der Waals surface area contributed by atoms with Crippen LogP contribution in [0.15, 0.2) is 18.2 Å². The molecule has 1 aromatic rings. The van der Waals surface area contributed by atoms with Crippen LogP contribution in [0.25, 0.3) is 0 Å². The molecule has 1 heterocycles. The van der Waals surface area contributed by atoms with E-state index in [0.29, 0.717) is 11.6 Å². The Labute approximate surface area is 82.1 Å². The molecule has 0 aromatic carbocycles. The molecule has 0 aliphatic carbocycles. The summed E-state index contributed by atoms with van der Waals surface area (Å²) in [4.78, 5) is 14.7. The molecule has 1 amide bonds. The number of carbonyl (C=O) groups excluding carboxylic acids is 1. The van der Waals surface area contributed by atoms with Crippen LogP contribution in [0.5, 0.6) is 5.88 Å². The molecule has 0 spiro atoms. The number of rotatable bonds is 4. The van der Waals surface area contributed by atoms with E-state index >= 15 is 0 Å². The van der Waals surface area contributed by atoms with Crippen molar-refractivity contribution in [1.82, 2.24) is 4.98 Å². The van der Waals surface area contributed by atoms with E-state index in [1.54, 1.807) is 18.2 Å². The highest BCUT2D eigenvalue weighted by atomic mass is 16.5. The molecule has 0 unspecified atom stereocenters. The second-order valence-electron chi connectivity index (χ2n) is 2.88. The van der Waals surface area contributed by atoms with Crippen molar-refractivity contribution < 1.29 is 9.53 Å². The van der Waals surface area contributed by atoms with E-state index in [-0.39, 0.29) is 6.42 Å². The Morgan fingerprint density at radius 2 is 2.36 bits per heavy atom. The van der Waals surface area contributed by atoms with Crippen molar-refractivity contribution >= 4 is 5.91 Å².